The Morgan fingerprint density at radius 2 is 1.84 bits per heavy atom. The maximum atomic E-state index is 12.8. The third kappa shape index (κ3) is 2.92. The molecule has 1 fully saturated rings. The molecule has 1 aliphatic rings. The van der Waals surface area contributed by atoms with Crippen LogP contribution in [0.4, 0.5) is 10.1 Å². The highest BCUT2D eigenvalue weighted by Crippen LogP contribution is 2.46. The normalized spacial score (nSPS) is 15.7. The van der Waals surface area contributed by atoms with E-state index >= 15 is 0 Å². The predicted octanol–water partition coefficient (Wildman–Crippen LogP) is 2.07. The van der Waals surface area contributed by atoms with Crippen LogP contribution < -0.4 is 10.6 Å². The van der Waals surface area contributed by atoms with Gasteiger partial charge in [-0.15, -0.1) is 0 Å². The fourth-order valence-electron chi connectivity index (χ4n) is 1.87. The van der Waals surface area contributed by atoms with Crippen molar-refractivity contribution >= 4 is 17.5 Å². The Hall–Kier alpha value is -1.91. The molecular formula is C14H17FN2O2. The molecule has 102 valence electrons. The fourth-order valence-corrected chi connectivity index (χ4v) is 1.87. The zero-order chi connectivity index (χ0) is 13.9. The number of anilines is 1. The van der Waals surface area contributed by atoms with E-state index in [1.807, 2.05) is 6.92 Å². The molecule has 0 atom stereocenters. The molecule has 0 bridgehead atoms. The first-order valence-electron chi connectivity index (χ1n) is 6.44. The van der Waals surface area contributed by atoms with E-state index in [1.165, 1.54) is 24.3 Å². The van der Waals surface area contributed by atoms with Crippen LogP contribution in [-0.2, 0) is 9.59 Å². The van der Waals surface area contributed by atoms with Crippen LogP contribution in [0.25, 0.3) is 0 Å². The highest BCUT2D eigenvalue weighted by Gasteiger charge is 2.56. The fraction of sp³-hybridized carbons (Fsp3) is 0.429. The maximum absolute atomic E-state index is 12.8. The van der Waals surface area contributed by atoms with Crippen LogP contribution in [0.15, 0.2) is 24.3 Å². The molecule has 5 heteroatoms. The lowest BCUT2D eigenvalue weighted by Crippen LogP contribution is -2.40. The Morgan fingerprint density at radius 3 is 2.37 bits per heavy atom. The Bertz CT molecular complexity index is 481. The molecule has 1 aliphatic carbocycles. The third-order valence-electron chi connectivity index (χ3n) is 3.26. The number of rotatable bonds is 5. The first-order chi connectivity index (χ1) is 9.08. The zero-order valence-corrected chi connectivity index (χ0v) is 10.8. The summed E-state index contributed by atoms with van der Waals surface area (Å²) >= 11 is 0. The smallest absolute Gasteiger partial charge is 0.240 e. The summed E-state index contributed by atoms with van der Waals surface area (Å²) in [5, 5.41) is 5.41. The lowest BCUT2D eigenvalue weighted by molar-refractivity contribution is -0.134. The lowest BCUT2D eigenvalue weighted by atomic mass is 10.0. The molecule has 19 heavy (non-hydrogen) atoms. The van der Waals surface area contributed by atoms with Gasteiger partial charge in [0.15, 0.2) is 0 Å². The second-order valence-electron chi connectivity index (χ2n) is 4.80. The van der Waals surface area contributed by atoms with Gasteiger partial charge in [0.1, 0.15) is 11.2 Å². The van der Waals surface area contributed by atoms with E-state index in [1.54, 1.807) is 0 Å². The summed E-state index contributed by atoms with van der Waals surface area (Å²) in [4.78, 5) is 24.1. The molecule has 0 radical (unpaired) electrons. The number of hydrogen-bond acceptors (Lipinski definition) is 2. The van der Waals surface area contributed by atoms with Gasteiger partial charge in [-0.3, -0.25) is 9.59 Å². The maximum Gasteiger partial charge on any atom is 0.240 e. The van der Waals surface area contributed by atoms with E-state index in [-0.39, 0.29) is 17.6 Å². The van der Waals surface area contributed by atoms with Gasteiger partial charge in [0, 0.05) is 12.2 Å². The molecule has 2 amide bonds. The topological polar surface area (TPSA) is 58.2 Å². The minimum atomic E-state index is -0.927. The van der Waals surface area contributed by atoms with Crippen LogP contribution in [0.5, 0.6) is 0 Å². The van der Waals surface area contributed by atoms with Crippen LogP contribution in [0, 0.1) is 11.2 Å². The summed E-state index contributed by atoms with van der Waals surface area (Å²) in [6.45, 7) is 2.53. The first-order valence-corrected chi connectivity index (χ1v) is 6.44. The molecule has 1 aromatic carbocycles. The number of amides is 2. The van der Waals surface area contributed by atoms with Gasteiger partial charge in [-0.1, -0.05) is 6.92 Å². The monoisotopic (exact) mass is 264 g/mol. The number of carbonyl (C=O) groups excluding carboxylic acids is 2. The van der Waals surface area contributed by atoms with E-state index in [9.17, 15) is 14.0 Å². The molecule has 4 nitrogen and oxygen atoms in total. The molecule has 2 N–H and O–H groups in total. The molecule has 0 spiro atoms. The second-order valence-corrected chi connectivity index (χ2v) is 4.80. The van der Waals surface area contributed by atoms with Gasteiger partial charge in [-0.25, -0.2) is 4.39 Å². The highest BCUT2D eigenvalue weighted by atomic mass is 19.1. The molecule has 2 rings (SSSR count). The number of nitrogens with one attached hydrogen (secondary N) is 2. The van der Waals surface area contributed by atoms with Crippen molar-refractivity contribution in [1.29, 1.82) is 0 Å². The highest BCUT2D eigenvalue weighted by molar-refractivity contribution is 6.13. The van der Waals surface area contributed by atoms with E-state index in [2.05, 4.69) is 10.6 Å². The lowest BCUT2D eigenvalue weighted by Gasteiger charge is -2.15. The summed E-state index contributed by atoms with van der Waals surface area (Å²) < 4.78 is 12.8. The van der Waals surface area contributed by atoms with Gasteiger partial charge in [0.05, 0.1) is 0 Å². The Morgan fingerprint density at radius 1 is 1.21 bits per heavy atom. The Balaban J connectivity index is 1.99. The predicted molar refractivity (Wildman–Crippen MR) is 70.0 cm³/mol. The van der Waals surface area contributed by atoms with Crippen molar-refractivity contribution < 1.29 is 14.0 Å². The SMILES string of the molecule is CCCNC(=O)C1(C(=O)Nc2ccc(F)cc2)CC1. The molecule has 0 aromatic heterocycles. The van der Waals surface area contributed by atoms with Gasteiger partial charge >= 0.3 is 0 Å². The van der Waals surface area contributed by atoms with E-state index < -0.39 is 5.41 Å². The molecule has 1 aromatic rings. The molecule has 1 saturated carbocycles. The molecule has 0 aliphatic heterocycles. The molecule has 0 unspecified atom stereocenters. The van der Waals surface area contributed by atoms with E-state index in [4.69, 9.17) is 0 Å². The zero-order valence-electron chi connectivity index (χ0n) is 10.8. The summed E-state index contributed by atoms with van der Waals surface area (Å²) in [6.07, 6.45) is 1.96. The van der Waals surface area contributed by atoms with Crippen LogP contribution >= 0.6 is 0 Å². The van der Waals surface area contributed by atoms with Gasteiger partial charge in [-0.05, 0) is 43.5 Å². The molecule has 0 heterocycles. The van der Waals surface area contributed by atoms with Crippen molar-refractivity contribution in [3.8, 4) is 0 Å². The molecule has 0 saturated heterocycles. The Kier molecular flexibility index (Phi) is 3.83. The summed E-state index contributed by atoms with van der Waals surface area (Å²) in [7, 11) is 0. The minimum absolute atomic E-state index is 0.214. The van der Waals surface area contributed by atoms with Crippen molar-refractivity contribution in [3.63, 3.8) is 0 Å². The van der Waals surface area contributed by atoms with Crippen molar-refractivity contribution in [2.45, 2.75) is 26.2 Å². The summed E-state index contributed by atoms with van der Waals surface area (Å²) in [6, 6.07) is 5.50. The molecular weight excluding hydrogens is 247 g/mol. The van der Waals surface area contributed by atoms with Gasteiger partial charge < -0.3 is 10.6 Å². The quantitative estimate of drug-likeness (QED) is 0.800. The van der Waals surface area contributed by atoms with Crippen molar-refractivity contribution in [2.24, 2.45) is 5.41 Å². The number of benzene rings is 1. The number of hydrogen-bond donors (Lipinski definition) is 2. The minimum Gasteiger partial charge on any atom is -0.355 e. The van der Waals surface area contributed by atoms with Gasteiger partial charge in [0.25, 0.3) is 0 Å². The number of halogens is 1. The second kappa shape index (κ2) is 5.38. The van der Waals surface area contributed by atoms with Gasteiger partial charge in [0.2, 0.25) is 11.8 Å². The summed E-state index contributed by atoms with van der Waals surface area (Å²) in [5.41, 5.74) is -0.426. The van der Waals surface area contributed by atoms with E-state index in [0.29, 0.717) is 25.1 Å². The standard InChI is InChI=1S/C14H17FN2O2/c1-2-9-16-12(18)14(7-8-14)13(19)17-11-5-3-10(15)4-6-11/h3-6H,2,7-9H2,1H3,(H,16,18)(H,17,19). The first kappa shape index (κ1) is 13.5. The van der Waals surface area contributed by atoms with Crippen LogP contribution in [0.2, 0.25) is 0 Å². The van der Waals surface area contributed by atoms with Crippen molar-refractivity contribution in [3.05, 3.63) is 30.1 Å². The van der Waals surface area contributed by atoms with E-state index in [0.717, 1.165) is 6.42 Å². The van der Waals surface area contributed by atoms with Crippen LogP contribution in [0.3, 0.4) is 0 Å². The largest absolute Gasteiger partial charge is 0.355 e. The van der Waals surface area contributed by atoms with Crippen molar-refractivity contribution in [2.75, 3.05) is 11.9 Å². The summed E-state index contributed by atoms with van der Waals surface area (Å²) in [5.74, 6) is -0.888. The van der Waals surface area contributed by atoms with Crippen molar-refractivity contribution in [1.82, 2.24) is 5.32 Å². The Labute approximate surface area is 111 Å². The average Bonchev–Trinajstić information content (AvgIpc) is 3.20. The van der Waals surface area contributed by atoms with Gasteiger partial charge in [-0.2, -0.15) is 0 Å². The van der Waals surface area contributed by atoms with Crippen LogP contribution in [-0.4, -0.2) is 18.4 Å². The third-order valence-corrected chi connectivity index (χ3v) is 3.26. The number of carbonyl (C=O) groups is 2. The van der Waals surface area contributed by atoms with Crippen LogP contribution in [0.1, 0.15) is 26.2 Å². The average molecular weight is 264 g/mol.